The van der Waals surface area contributed by atoms with Gasteiger partial charge in [0.2, 0.25) is 5.91 Å². The number of hydrogen-bond acceptors (Lipinski definition) is 4. The second-order valence-corrected chi connectivity index (χ2v) is 8.59. The molecule has 1 aromatic rings. The summed E-state index contributed by atoms with van der Waals surface area (Å²) in [5, 5.41) is 0. The lowest BCUT2D eigenvalue weighted by Crippen LogP contribution is -2.47. The van der Waals surface area contributed by atoms with Gasteiger partial charge in [0.05, 0.1) is 0 Å². The number of halogens is 3. The highest BCUT2D eigenvalue weighted by atomic mass is 32.2. The SMILES string of the molecule is CCCN(CC(F)(F)F)C(=O)C1CCN(C2=NS(=O)(=O)c3ccccc32)CC1. The first-order valence-corrected chi connectivity index (χ1v) is 10.6. The van der Waals surface area contributed by atoms with E-state index in [1.807, 2.05) is 0 Å². The Hall–Kier alpha value is -2.10. The molecule has 2 aliphatic rings. The molecule has 28 heavy (non-hydrogen) atoms. The van der Waals surface area contributed by atoms with Gasteiger partial charge in [-0.05, 0) is 31.4 Å². The van der Waals surface area contributed by atoms with Crippen LogP contribution >= 0.6 is 0 Å². The summed E-state index contributed by atoms with van der Waals surface area (Å²) in [5.74, 6) is -0.638. The van der Waals surface area contributed by atoms with E-state index in [1.165, 1.54) is 6.07 Å². The normalized spacial score (nSPS) is 19.3. The average molecular weight is 417 g/mol. The Morgan fingerprint density at radius 1 is 1.25 bits per heavy atom. The van der Waals surface area contributed by atoms with E-state index in [4.69, 9.17) is 0 Å². The molecule has 1 fully saturated rings. The Kier molecular flexibility index (Phi) is 5.69. The summed E-state index contributed by atoms with van der Waals surface area (Å²) in [6, 6.07) is 6.54. The fourth-order valence-electron chi connectivity index (χ4n) is 3.67. The van der Waals surface area contributed by atoms with Crippen LogP contribution in [0.3, 0.4) is 0 Å². The van der Waals surface area contributed by atoms with Gasteiger partial charge in [-0.3, -0.25) is 4.79 Å². The van der Waals surface area contributed by atoms with Crippen LogP contribution in [0.1, 0.15) is 31.7 Å². The van der Waals surface area contributed by atoms with E-state index in [9.17, 15) is 26.4 Å². The van der Waals surface area contributed by atoms with Gasteiger partial charge in [-0.15, -0.1) is 4.40 Å². The minimum absolute atomic E-state index is 0.0664. The number of carbonyl (C=O) groups is 1. The van der Waals surface area contributed by atoms with E-state index in [1.54, 1.807) is 30.0 Å². The third-order valence-electron chi connectivity index (χ3n) is 4.93. The van der Waals surface area contributed by atoms with Gasteiger partial charge >= 0.3 is 6.18 Å². The first-order chi connectivity index (χ1) is 13.1. The highest BCUT2D eigenvalue weighted by Gasteiger charge is 2.38. The summed E-state index contributed by atoms with van der Waals surface area (Å²) in [6.07, 6.45) is -3.26. The Bertz CT molecular complexity index is 876. The number of alkyl halides is 3. The number of amides is 1. The van der Waals surface area contributed by atoms with Crippen LogP contribution in [-0.4, -0.2) is 62.3 Å². The Balaban J connectivity index is 1.69. The minimum atomic E-state index is -4.43. The number of nitrogens with zero attached hydrogens (tertiary/aromatic N) is 3. The summed E-state index contributed by atoms with van der Waals surface area (Å²) in [5.41, 5.74) is 0.525. The third-order valence-corrected chi connectivity index (χ3v) is 6.26. The molecule has 0 bridgehead atoms. The van der Waals surface area contributed by atoms with Crippen molar-refractivity contribution in [3.8, 4) is 0 Å². The molecule has 1 amide bonds. The molecule has 1 saturated heterocycles. The number of fused-ring (bicyclic) bond motifs is 1. The first kappa shape index (κ1) is 20.6. The van der Waals surface area contributed by atoms with Gasteiger partial charge in [0, 0.05) is 31.1 Å². The number of piperidine rings is 1. The van der Waals surface area contributed by atoms with Crippen LogP contribution in [-0.2, 0) is 14.8 Å². The lowest BCUT2D eigenvalue weighted by Gasteiger charge is -2.35. The van der Waals surface area contributed by atoms with E-state index in [0.717, 1.165) is 4.90 Å². The molecule has 0 N–H and O–H groups in total. The first-order valence-electron chi connectivity index (χ1n) is 9.17. The molecule has 1 aromatic carbocycles. The van der Waals surface area contributed by atoms with Crippen LogP contribution < -0.4 is 0 Å². The predicted molar refractivity (Wildman–Crippen MR) is 97.4 cm³/mol. The van der Waals surface area contributed by atoms with Gasteiger partial charge in [-0.2, -0.15) is 21.6 Å². The molecular weight excluding hydrogens is 395 g/mol. The van der Waals surface area contributed by atoms with E-state index in [-0.39, 0.29) is 11.4 Å². The number of benzene rings is 1. The number of hydrogen-bond donors (Lipinski definition) is 0. The molecule has 0 aromatic heterocycles. The number of amidine groups is 1. The minimum Gasteiger partial charge on any atom is -0.355 e. The maximum absolute atomic E-state index is 12.8. The zero-order chi connectivity index (χ0) is 20.5. The fourth-order valence-corrected chi connectivity index (χ4v) is 4.89. The number of carbonyl (C=O) groups excluding carboxylic acids is 1. The molecular formula is C18H22F3N3O3S. The molecule has 6 nitrogen and oxygen atoms in total. The standard InChI is InChI=1S/C18H22F3N3O3S/c1-2-9-24(12-18(19,20)21)17(25)13-7-10-23(11-8-13)16-14-5-3-4-6-15(14)28(26,27)22-16/h3-6,13H,2,7-12H2,1H3. The second-order valence-electron chi connectivity index (χ2n) is 7.02. The molecule has 10 heteroatoms. The van der Waals surface area contributed by atoms with E-state index >= 15 is 0 Å². The fraction of sp³-hybridized carbons (Fsp3) is 0.556. The molecule has 0 atom stereocenters. The van der Waals surface area contributed by atoms with Crippen molar-refractivity contribution < 1.29 is 26.4 Å². The van der Waals surface area contributed by atoms with Gasteiger partial charge in [0.25, 0.3) is 10.0 Å². The topological polar surface area (TPSA) is 70.1 Å². The van der Waals surface area contributed by atoms with Crippen LogP contribution in [0.15, 0.2) is 33.6 Å². The van der Waals surface area contributed by atoms with Crippen molar-refractivity contribution in [2.24, 2.45) is 10.3 Å². The molecule has 0 saturated carbocycles. The predicted octanol–water partition coefficient (Wildman–Crippen LogP) is 2.65. The number of rotatable bonds is 4. The second kappa shape index (κ2) is 7.73. The summed E-state index contributed by atoms with van der Waals surface area (Å²) in [6.45, 7) is 1.29. The van der Waals surface area contributed by atoms with Crippen LogP contribution in [0, 0.1) is 5.92 Å². The van der Waals surface area contributed by atoms with Crippen molar-refractivity contribution in [1.82, 2.24) is 9.80 Å². The maximum Gasteiger partial charge on any atom is 0.406 e. The van der Waals surface area contributed by atoms with E-state index in [2.05, 4.69) is 4.40 Å². The maximum atomic E-state index is 12.8. The van der Waals surface area contributed by atoms with Crippen molar-refractivity contribution in [1.29, 1.82) is 0 Å². The monoisotopic (exact) mass is 417 g/mol. The van der Waals surface area contributed by atoms with Crippen molar-refractivity contribution >= 4 is 21.8 Å². The average Bonchev–Trinajstić information content (AvgIpc) is 2.91. The summed E-state index contributed by atoms with van der Waals surface area (Å²) in [4.78, 5) is 15.4. The van der Waals surface area contributed by atoms with Crippen LogP contribution in [0.2, 0.25) is 0 Å². The Morgan fingerprint density at radius 2 is 1.89 bits per heavy atom. The molecule has 3 rings (SSSR count). The van der Waals surface area contributed by atoms with Crippen LogP contribution in [0.5, 0.6) is 0 Å². The van der Waals surface area contributed by atoms with Gasteiger partial charge in [0.15, 0.2) is 5.84 Å². The van der Waals surface area contributed by atoms with Crippen LogP contribution in [0.4, 0.5) is 13.2 Å². The highest BCUT2D eigenvalue weighted by molar-refractivity contribution is 7.90. The van der Waals surface area contributed by atoms with Gasteiger partial charge in [-0.25, -0.2) is 0 Å². The molecule has 0 aliphatic carbocycles. The summed E-state index contributed by atoms with van der Waals surface area (Å²) < 4.78 is 66.5. The quantitative estimate of drug-likeness (QED) is 0.755. The zero-order valence-corrected chi connectivity index (χ0v) is 16.3. The molecule has 0 spiro atoms. The van der Waals surface area contributed by atoms with Crippen molar-refractivity contribution in [3.63, 3.8) is 0 Å². The molecule has 2 heterocycles. The van der Waals surface area contributed by atoms with E-state index < -0.39 is 34.6 Å². The Labute approximate surface area is 162 Å². The van der Waals surface area contributed by atoms with Crippen molar-refractivity contribution in [3.05, 3.63) is 29.8 Å². The third kappa shape index (κ3) is 4.31. The molecule has 2 aliphatic heterocycles. The largest absolute Gasteiger partial charge is 0.406 e. The van der Waals surface area contributed by atoms with Crippen molar-refractivity contribution in [2.45, 2.75) is 37.3 Å². The van der Waals surface area contributed by atoms with Crippen LogP contribution in [0.25, 0.3) is 0 Å². The zero-order valence-electron chi connectivity index (χ0n) is 15.4. The summed E-state index contributed by atoms with van der Waals surface area (Å²) >= 11 is 0. The van der Waals surface area contributed by atoms with Gasteiger partial charge in [0.1, 0.15) is 11.4 Å². The summed E-state index contributed by atoms with van der Waals surface area (Å²) in [7, 11) is -3.73. The Morgan fingerprint density at radius 3 is 2.50 bits per heavy atom. The van der Waals surface area contributed by atoms with Gasteiger partial charge in [-0.1, -0.05) is 19.1 Å². The van der Waals surface area contributed by atoms with E-state index in [0.29, 0.717) is 43.8 Å². The number of sulfonamides is 1. The molecule has 154 valence electrons. The lowest BCUT2D eigenvalue weighted by molar-refractivity contribution is -0.164. The van der Waals surface area contributed by atoms with Gasteiger partial charge < -0.3 is 9.80 Å². The highest BCUT2D eigenvalue weighted by Crippen LogP contribution is 2.30. The number of likely N-dealkylation sites (tertiary alicyclic amines) is 1. The molecule has 0 radical (unpaired) electrons. The van der Waals surface area contributed by atoms with Crippen molar-refractivity contribution in [2.75, 3.05) is 26.2 Å². The molecule has 0 unspecified atom stereocenters. The lowest BCUT2D eigenvalue weighted by atomic mass is 9.94. The smallest absolute Gasteiger partial charge is 0.355 e.